The maximum absolute atomic E-state index is 11.0. The van der Waals surface area contributed by atoms with Crippen LogP contribution in [0.15, 0.2) is 12.3 Å². The summed E-state index contributed by atoms with van der Waals surface area (Å²) in [5.41, 5.74) is 0. The van der Waals surface area contributed by atoms with Gasteiger partial charge in [0.15, 0.2) is 0 Å². The van der Waals surface area contributed by atoms with E-state index in [0.717, 1.165) is 13.0 Å². The summed E-state index contributed by atoms with van der Waals surface area (Å²) in [5, 5.41) is 6.71. The van der Waals surface area contributed by atoms with E-state index >= 15 is 0 Å². The summed E-state index contributed by atoms with van der Waals surface area (Å²) >= 11 is 5.36. The van der Waals surface area contributed by atoms with Crippen LogP contribution >= 0.6 is 11.6 Å². The first-order valence-electron chi connectivity index (χ1n) is 4.15. The molecule has 1 aromatic heterocycles. The third-order valence-electron chi connectivity index (χ3n) is 1.54. The Bertz CT molecular complexity index is 285. The zero-order valence-electron chi connectivity index (χ0n) is 7.46. The number of aryl methyl sites for hydroxylation is 1. The Morgan fingerprint density at radius 2 is 2.54 bits per heavy atom. The highest BCUT2D eigenvalue weighted by Crippen LogP contribution is 2.06. The Labute approximate surface area is 81.9 Å². The fourth-order valence-electron chi connectivity index (χ4n) is 1.01. The van der Waals surface area contributed by atoms with Crippen molar-refractivity contribution in [3.05, 3.63) is 12.3 Å². The van der Waals surface area contributed by atoms with Crippen LogP contribution in [0.1, 0.15) is 13.3 Å². The molecular formula is C8H12ClN3O. The molecule has 1 heterocycles. The van der Waals surface area contributed by atoms with Crippen molar-refractivity contribution in [3.63, 3.8) is 0 Å². The maximum Gasteiger partial charge on any atom is 0.240 e. The predicted molar refractivity (Wildman–Crippen MR) is 51.9 cm³/mol. The molecule has 0 aliphatic heterocycles. The van der Waals surface area contributed by atoms with Gasteiger partial charge in [0.1, 0.15) is 11.7 Å². The van der Waals surface area contributed by atoms with E-state index in [1.165, 1.54) is 0 Å². The van der Waals surface area contributed by atoms with E-state index in [0.29, 0.717) is 5.82 Å². The van der Waals surface area contributed by atoms with Crippen LogP contribution in [-0.4, -0.2) is 21.6 Å². The normalized spacial score (nSPS) is 10.0. The molecule has 0 aromatic carbocycles. The molecule has 0 fully saturated rings. The molecule has 0 radical (unpaired) electrons. The average molecular weight is 202 g/mol. The first kappa shape index (κ1) is 10.1. The molecule has 5 heteroatoms. The molecule has 0 spiro atoms. The molecule has 13 heavy (non-hydrogen) atoms. The number of nitrogens with zero attached hydrogens (tertiary/aromatic N) is 2. The van der Waals surface area contributed by atoms with Crippen molar-refractivity contribution in [1.29, 1.82) is 0 Å². The number of carbonyl (C=O) groups is 1. The molecule has 4 nitrogen and oxygen atoms in total. The van der Waals surface area contributed by atoms with Gasteiger partial charge in [-0.15, -0.1) is 11.6 Å². The molecule has 1 aromatic rings. The molecule has 0 saturated carbocycles. The van der Waals surface area contributed by atoms with Crippen molar-refractivity contribution in [3.8, 4) is 0 Å². The van der Waals surface area contributed by atoms with E-state index in [1.807, 2.05) is 0 Å². The van der Waals surface area contributed by atoms with Gasteiger partial charge in [-0.1, -0.05) is 6.92 Å². The van der Waals surface area contributed by atoms with Gasteiger partial charge in [-0.05, 0) is 6.42 Å². The summed E-state index contributed by atoms with van der Waals surface area (Å²) < 4.78 is 1.74. The fourth-order valence-corrected chi connectivity index (χ4v) is 1.07. The third kappa shape index (κ3) is 2.73. The highest BCUT2D eigenvalue weighted by molar-refractivity contribution is 6.28. The third-order valence-corrected chi connectivity index (χ3v) is 1.78. The number of halogens is 1. The van der Waals surface area contributed by atoms with Crippen LogP contribution in [0.2, 0.25) is 0 Å². The number of nitrogens with one attached hydrogen (secondary N) is 1. The Balaban J connectivity index is 2.64. The first-order valence-corrected chi connectivity index (χ1v) is 4.69. The molecule has 72 valence electrons. The largest absolute Gasteiger partial charge is 0.310 e. The van der Waals surface area contributed by atoms with Gasteiger partial charge >= 0.3 is 0 Å². The number of rotatable bonds is 4. The van der Waals surface area contributed by atoms with Crippen LogP contribution in [0.5, 0.6) is 0 Å². The smallest absolute Gasteiger partial charge is 0.240 e. The van der Waals surface area contributed by atoms with Crippen molar-refractivity contribution >= 4 is 23.3 Å². The van der Waals surface area contributed by atoms with Crippen molar-refractivity contribution in [2.75, 3.05) is 11.2 Å². The predicted octanol–water partition coefficient (Wildman–Crippen LogP) is 1.47. The summed E-state index contributed by atoms with van der Waals surface area (Å²) in [5.74, 6) is 0.462. The van der Waals surface area contributed by atoms with Crippen LogP contribution in [0, 0.1) is 0 Å². The van der Waals surface area contributed by atoms with E-state index in [9.17, 15) is 4.79 Å². The van der Waals surface area contributed by atoms with E-state index in [4.69, 9.17) is 11.6 Å². The van der Waals surface area contributed by atoms with Crippen molar-refractivity contribution in [1.82, 2.24) is 9.78 Å². The van der Waals surface area contributed by atoms with E-state index < -0.39 is 0 Å². The van der Waals surface area contributed by atoms with Crippen molar-refractivity contribution in [2.24, 2.45) is 0 Å². The first-order chi connectivity index (χ1) is 6.27. The van der Waals surface area contributed by atoms with Crippen molar-refractivity contribution < 1.29 is 4.79 Å². The number of hydrogen-bond acceptors (Lipinski definition) is 2. The zero-order valence-corrected chi connectivity index (χ0v) is 8.21. The minimum absolute atomic E-state index is 0.0305. The Morgan fingerprint density at radius 3 is 3.15 bits per heavy atom. The standard InChI is InChI=1S/C8H12ClN3O/c1-2-5-12-7(3-4-10-12)11-8(13)6-9/h3-4H,2,5-6H2,1H3,(H,11,13). The Kier molecular flexibility index (Phi) is 3.76. The number of aromatic nitrogens is 2. The lowest BCUT2D eigenvalue weighted by Gasteiger charge is -2.05. The monoisotopic (exact) mass is 201 g/mol. The lowest BCUT2D eigenvalue weighted by atomic mass is 10.5. The van der Waals surface area contributed by atoms with Crippen LogP contribution in [-0.2, 0) is 11.3 Å². The number of alkyl halides is 1. The number of amides is 1. The number of carbonyl (C=O) groups excluding carboxylic acids is 1. The summed E-state index contributed by atoms with van der Waals surface area (Å²) in [6.07, 6.45) is 2.63. The summed E-state index contributed by atoms with van der Waals surface area (Å²) in [6, 6.07) is 1.75. The highest BCUT2D eigenvalue weighted by Gasteiger charge is 2.04. The van der Waals surface area contributed by atoms with E-state index in [-0.39, 0.29) is 11.8 Å². The molecule has 1 rings (SSSR count). The summed E-state index contributed by atoms with van der Waals surface area (Å²) in [6.45, 7) is 2.85. The van der Waals surface area contributed by atoms with Gasteiger partial charge < -0.3 is 5.32 Å². The molecule has 0 atom stereocenters. The summed E-state index contributed by atoms with van der Waals surface area (Å²) in [7, 11) is 0. The molecule has 0 aliphatic carbocycles. The zero-order chi connectivity index (χ0) is 9.68. The van der Waals surface area contributed by atoms with Gasteiger partial charge in [0, 0.05) is 12.6 Å². The van der Waals surface area contributed by atoms with Gasteiger partial charge in [-0.25, -0.2) is 4.68 Å². The number of anilines is 1. The van der Waals surface area contributed by atoms with Gasteiger partial charge in [0.25, 0.3) is 0 Å². The van der Waals surface area contributed by atoms with Crippen LogP contribution < -0.4 is 5.32 Å². The van der Waals surface area contributed by atoms with Crippen LogP contribution in [0.3, 0.4) is 0 Å². The molecule has 0 bridgehead atoms. The second-order valence-corrected chi connectivity index (χ2v) is 2.89. The molecule has 0 saturated heterocycles. The lowest BCUT2D eigenvalue weighted by molar-refractivity contribution is -0.114. The SMILES string of the molecule is CCCn1nccc1NC(=O)CCl. The lowest BCUT2D eigenvalue weighted by Crippen LogP contribution is -2.16. The molecule has 0 unspecified atom stereocenters. The average Bonchev–Trinajstić information content (AvgIpc) is 2.54. The summed E-state index contributed by atoms with van der Waals surface area (Å²) in [4.78, 5) is 11.0. The fraction of sp³-hybridized carbons (Fsp3) is 0.500. The highest BCUT2D eigenvalue weighted by atomic mass is 35.5. The second-order valence-electron chi connectivity index (χ2n) is 2.62. The molecular weight excluding hydrogens is 190 g/mol. The Morgan fingerprint density at radius 1 is 1.77 bits per heavy atom. The van der Waals surface area contributed by atoms with Crippen molar-refractivity contribution in [2.45, 2.75) is 19.9 Å². The van der Waals surface area contributed by atoms with E-state index in [2.05, 4.69) is 17.3 Å². The van der Waals surface area contributed by atoms with Gasteiger partial charge in [0.2, 0.25) is 5.91 Å². The Hall–Kier alpha value is -1.03. The van der Waals surface area contributed by atoms with Gasteiger partial charge in [0.05, 0.1) is 6.20 Å². The minimum atomic E-state index is -0.209. The van der Waals surface area contributed by atoms with Crippen LogP contribution in [0.25, 0.3) is 0 Å². The van der Waals surface area contributed by atoms with E-state index in [1.54, 1.807) is 16.9 Å². The maximum atomic E-state index is 11.0. The molecule has 1 N–H and O–H groups in total. The number of hydrogen-bond donors (Lipinski definition) is 1. The molecule has 1 amide bonds. The second kappa shape index (κ2) is 4.87. The molecule has 0 aliphatic rings. The van der Waals surface area contributed by atoms with Gasteiger partial charge in [-0.2, -0.15) is 5.10 Å². The van der Waals surface area contributed by atoms with Crippen LogP contribution in [0.4, 0.5) is 5.82 Å². The minimum Gasteiger partial charge on any atom is -0.310 e. The topological polar surface area (TPSA) is 46.9 Å². The van der Waals surface area contributed by atoms with Gasteiger partial charge in [-0.3, -0.25) is 4.79 Å². The quantitative estimate of drug-likeness (QED) is 0.750.